The van der Waals surface area contributed by atoms with Crippen molar-refractivity contribution in [1.29, 1.82) is 0 Å². The minimum atomic E-state index is 0.0485. The highest BCUT2D eigenvalue weighted by Gasteiger charge is 2.13. The number of nitrogens with zero attached hydrogens (tertiary/aromatic N) is 5. The van der Waals surface area contributed by atoms with Gasteiger partial charge in [0.2, 0.25) is 5.95 Å². The minimum absolute atomic E-state index is 0.0485. The molecule has 0 aliphatic carbocycles. The second-order valence-corrected chi connectivity index (χ2v) is 5.28. The van der Waals surface area contributed by atoms with Gasteiger partial charge in [-0.05, 0) is 32.3 Å². The van der Waals surface area contributed by atoms with Crippen LogP contribution in [0, 0.1) is 5.92 Å². The number of rotatable bonds is 7. The maximum Gasteiger partial charge on any atom is 0.323 e. The van der Waals surface area contributed by atoms with E-state index in [-0.39, 0.29) is 6.10 Å². The van der Waals surface area contributed by atoms with Gasteiger partial charge in [-0.2, -0.15) is 20.1 Å². The second-order valence-electron chi connectivity index (χ2n) is 5.28. The van der Waals surface area contributed by atoms with E-state index in [1.54, 1.807) is 17.1 Å². The second kappa shape index (κ2) is 7.01. The Hall–Kier alpha value is -2.18. The monoisotopic (exact) mass is 290 g/mol. The van der Waals surface area contributed by atoms with E-state index >= 15 is 0 Å². The fraction of sp³-hybridized carbons (Fsp3) is 0.571. The van der Waals surface area contributed by atoms with E-state index in [2.05, 4.69) is 39.2 Å². The molecule has 1 N–H and O–H groups in total. The summed E-state index contributed by atoms with van der Waals surface area (Å²) in [7, 11) is 0. The van der Waals surface area contributed by atoms with Crippen LogP contribution in [-0.2, 0) is 0 Å². The van der Waals surface area contributed by atoms with Gasteiger partial charge in [-0.1, -0.05) is 13.8 Å². The van der Waals surface area contributed by atoms with Gasteiger partial charge < -0.3 is 10.1 Å². The van der Waals surface area contributed by atoms with Crippen molar-refractivity contribution in [1.82, 2.24) is 24.7 Å². The Morgan fingerprint density at radius 3 is 2.67 bits per heavy atom. The zero-order valence-electron chi connectivity index (χ0n) is 12.9. The Bertz CT molecular complexity index is 555. The van der Waals surface area contributed by atoms with Crippen LogP contribution in [0.4, 0.5) is 5.95 Å². The maximum atomic E-state index is 5.81. The summed E-state index contributed by atoms with van der Waals surface area (Å²) in [5.74, 6) is 1.49. The number of hydrogen-bond donors (Lipinski definition) is 1. The zero-order valence-corrected chi connectivity index (χ0v) is 12.9. The van der Waals surface area contributed by atoms with E-state index in [1.165, 1.54) is 0 Å². The molecule has 21 heavy (non-hydrogen) atoms. The Labute approximate surface area is 124 Å². The molecule has 0 fully saturated rings. The molecule has 0 saturated carbocycles. The van der Waals surface area contributed by atoms with Crippen LogP contribution < -0.4 is 10.1 Å². The fourth-order valence-electron chi connectivity index (χ4n) is 2.02. The molecule has 7 nitrogen and oxygen atoms in total. The van der Waals surface area contributed by atoms with Crippen molar-refractivity contribution < 1.29 is 4.74 Å². The Morgan fingerprint density at radius 2 is 2.05 bits per heavy atom. The van der Waals surface area contributed by atoms with E-state index in [0.29, 0.717) is 23.8 Å². The summed E-state index contributed by atoms with van der Waals surface area (Å²) in [5, 5.41) is 7.22. The quantitative estimate of drug-likeness (QED) is 0.843. The number of hydrogen-bond acceptors (Lipinski definition) is 6. The van der Waals surface area contributed by atoms with Crippen molar-refractivity contribution >= 4 is 5.95 Å². The Kier molecular flexibility index (Phi) is 5.08. The molecule has 2 aromatic heterocycles. The smallest absolute Gasteiger partial charge is 0.323 e. The molecule has 2 heterocycles. The van der Waals surface area contributed by atoms with Gasteiger partial charge in [0.15, 0.2) is 0 Å². The summed E-state index contributed by atoms with van der Waals surface area (Å²) in [5.41, 5.74) is 0. The highest BCUT2D eigenvalue weighted by Crippen LogP contribution is 2.14. The van der Waals surface area contributed by atoms with E-state index in [4.69, 9.17) is 4.74 Å². The van der Waals surface area contributed by atoms with Crippen LogP contribution in [0.3, 0.4) is 0 Å². The number of nitrogens with one attached hydrogen (secondary N) is 1. The van der Waals surface area contributed by atoms with Gasteiger partial charge in [0, 0.05) is 18.9 Å². The molecule has 0 radical (unpaired) electrons. The Morgan fingerprint density at radius 1 is 1.24 bits per heavy atom. The molecule has 0 aromatic carbocycles. The lowest BCUT2D eigenvalue weighted by atomic mass is 10.1. The Balaban J connectivity index is 2.23. The molecular formula is C14H22N6O. The lowest BCUT2D eigenvalue weighted by Crippen LogP contribution is -2.18. The first kappa shape index (κ1) is 15.2. The molecule has 0 amide bonds. The maximum absolute atomic E-state index is 5.81. The van der Waals surface area contributed by atoms with E-state index in [0.717, 1.165) is 13.0 Å². The molecule has 114 valence electrons. The van der Waals surface area contributed by atoms with Crippen LogP contribution in [0.25, 0.3) is 5.95 Å². The molecule has 0 aliphatic rings. The van der Waals surface area contributed by atoms with Gasteiger partial charge in [-0.25, -0.2) is 4.68 Å². The zero-order chi connectivity index (χ0) is 15.2. The van der Waals surface area contributed by atoms with E-state index in [9.17, 15) is 0 Å². The number of aromatic nitrogens is 5. The van der Waals surface area contributed by atoms with Crippen molar-refractivity contribution in [2.24, 2.45) is 5.92 Å². The summed E-state index contributed by atoms with van der Waals surface area (Å²) in [6, 6.07) is 2.14. The van der Waals surface area contributed by atoms with Crippen LogP contribution in [0.2, 0.25) is 0 Å². The average Bonchev–Trinajstić information content (AvgIpc) is 2.91. The predicted molar refractivity (Wildman–Crippen MR) is 80.7 cm³/mol. The van der Waals surface area contributed by atoms with Crippen molar-refractivity contribution in [3.05, 3.63) is 18.5 Å². The summed E-state index contributed by atoms with van der Waals surface area (Å²) in [6.07, 6.45) is 4.46. The van der Waals surface area contributed by atoms with Crippen molar-refractivity contribution in [2.75, 3.05) is 11.9 Å². The molecule has 0 aliphatic heterocycles. The van der Waals surface area contributed by atoms with Gasteiger partial charge >= 0.3 is 6.01 Å². The third-order valence-corrected chi connectivity index (χ3v) is 2.76. The van der Waals surface area contributed by atoms with Crippen LogP contribution in [-0.4, -0.2) is 37.4 Å². The molecule has 1 unspecified atom stereocenters. The molecule has 0 spiro atoms. The van der Waals surface area contributed by atoms with Crippen molar-refractivity contribution in [3.63, 3.8) is 0 Å². The van der Waals surface area contributed by atoms with Gasteiger partial charge in [0.1, 0.15) is 0 Å². The molecule has 7 heteroatoms. The minimum Gasteiger partial charge on any atom is -0.460 e. The normalized spacial score (nSPS) is 12.4. The number of anilines is 1. The molecular weight excluding hydrogens is 268 g/mol. The molecule has 0 saturated heterocycles. The third-order valence-electron chi connectivity index (χ3n) is 2.76. The lowest BCUT2D eigenvalue weighted by molar-refractivity contribution is 0.177. The largest absolute Gasteiger partial charge is 0.460 e. The highest BCUT2D eigenvalue weighted by molar-refractivity contribution is 5.29. The number of ether oxygens (including phenoxy) is 1. The first-order chi connectivity index (χ1) is 10.1. The predicted octanol–water partition coefficient (Wildman–Crippen LogP) is 2.30. The molecule has 1 atom stereocenters. The van der Waals surface area contributed by atoms with Gasteiger partial charge in [0.05, 0.1) is 6.10 Å². The first-order valence-corrected chi connectivity index (χ1v) is 7.25. The summed E-state index contributed by atoms with van der Waals surface area (Å²) in [6.45, 7) is 9.05. The standard InChI is InChI=1S/C14H22N6O/c1-5-15-12-17-13(20-8-6-7-16-20)19-14(18-12)21-11(4)9-10(2)3/h6-8,10-11H,5,9H2,1-4H3,(H,15,17,18,19). The fourth-order valence-corrected chi connectivity index (χ4v) is 2.02. The third kappa shape index (κ3) is 4.40. The van der Waals surface area contributed by atoms with Gasteiger partial charge in [-0.15, -0.1) is 0 Å². The van der Waals surface area contributed by atoms with Crippen molar-refractivity contribution in [2.45, 2.75) is 40.2 Å². The van der Waals surface area contributed by atoms with E-state index < -0.39 is 0 Å². The summed E-state index contributed by atoms with van der Waals surface area (Å²) in [4.78, 5) is 12.9. The molecule has 2 aromatic rings. The highest BCUT2D eigenvalue weighted by atomic mass is 16.5. The van der Waals surface area contributed by atoms with Crippen LogP contribution in [0.1, 0.15) is 34.1 Å². The molecule has 2 rings (SSSR count). The topological polar surface area (TPSA) is 77.8 Å². The molecule has 0 bridgehead atoms. The summed E-state index contributed by atoms with van der Waals surface area (Å²) < 4.78 is 7.39. The van der Waals surface area contributed by atoms with Crippen LogP contribution in [0.5, 0.6) is 6.01 Å². The van der Waals surface area contributed by atoms with Crippen LogP contribution >= 0.6 is 0 Å². The van der Waals surface area contributed by atoms with E-state index in [1.807, 2.05) is 19.9 Å². The first-order valence-electron chi connectivity index (χ1n) is 7.25. The lowest BCUT2D eigenvalue weighted by Gasteiger charge is -2.16. The van der Waals surface area contributed by atoms with Gasteiger partial charge in [0.25, 0.3) is 5.95 Å². The SMILES string of the molecule is CCNc1nc(OC(C)CC(C)C)nc(-n2cccn2)n1. The van der Waals surface area contributed by atoms with Crippen LogP contribution in [0.15, 0.2) is 18.5 Å². The summed E-state index contributed by atoms with van der Waals surface area (Å²) >= 11 is 0. The van der Waals surface area contributed by atoms with Gasteiger partial charge in [-0.3, -0.25) is 0 Å². The average molecular weight is 290 g/mol. The van der Waals surface area contributed by atoms with Crippen molar-refractivity contribution in [3.8, 4) is 12.0 Å².